The van der Waals surface area contributed by atoms with Crippen molar-refractivity contribution in [2.75, 3.05) is 4.90 Å². The van der Waals surface area contributed by atoms with Gasteiger partial charge in [0.2, 0.25) is 0 Å². The van der Waals surface area contributed by atoms with E-state index in [9.17, 15) is 24.8 Å². The van der Waals surface area contributed by atoms with Gasteiger partial charge in [0.1, 0.15) is 5.76 Å². The number of aliphatic hydroxyl groups excluding tert-OH is 1. The van der Waals surface area contributed by atoms with Crippen LogP contribution in [0, 0.1) is 10.1 Å². The van der Waals surface area contributed by atoms with Gasteiger partial charge in [0.15, 0.2) is 0 Å². The third kappa shape index (κ3) is 3.67. The van der Waals surface area contributed by atoms with Crippen molar-refractivity contribution in [1.82, 2.24) is 0 Å². The highest BCUT2D eigenvalue weighted by atomic mass is 35.5. The summed E-state index contributed by atoms with van der Waals surface area (Å²) in [5.74, 6) is -1.98. The van der Waals surface area contributed by atoms with E-state index in [1.807, 2.05) is 0 Å². The minimum absolute atomic E-state index is 0.0972. The lowest BCUT2D eigenvalue weighted by Crippen LogP contribution is -2.29. The predicted molar refractivity (Wildman–Crippen MR) is 116 cm³/mol. The zero-order valence-electron chi connectivity index (χ0n) is 15.9. The van der Waals surface area contributed by atoms with E-state index in [0.29, 0.717) is 21.8 Å². The monoisotopic (exact) mass is 434 g/mol. The Morgan fingerprint density at radius 1 is 0.935 bits per heavy atom. The Balaban J connectivity index is 1.93. The summed E-state index contributed by atoms with van der Waals surface area (Å²) in [4.78, 5) is 37.7. The third-order valence-corrected chi connectivity index (χ3v) is 5.27. The second-order valence-electron chi connectivity index (χ2n) is 6.86. The smallest absolute Gasteiger partial charge is 0.300 e. The normalized spacial score (nSPS) is 17.7. The van der Waals surface area contributed by atoms with Crippen LogP contribution in [-0.4, -0.2) is 21.7 Å². The number of nitro groups is 1. The van der Waals surface area contributed by atoms with Gasteiger partial charge in [-0.1, -0.05) is 41.9 Å². The van der Waals surface area contributed by atoms with Crippen LogP contribution in [0.3, 0.4) is 0 Å². The van der Waals surface area contributed by atoms with Gasteiger partial charge in [0, 0.05) is 28.4 Å². The Labute approximate surface area is 182 Å². The Hall–Kier alpha value is -3.97. The van der Waals surface area contributed by atoms with Crippen molar-refractivity contribution < 1.29 is 19.6 Å². The maximum absolute atomic E-state index is 13.0. The van der Waals surface area contributed by atoms with Crippen molar-refractivity contribution in [2.45, 2.75) is 6.04 Å². The average molecular weight is 435 g/mol. The van der Waals surface area contributed by atoms with E-state index in [4.69, 9.17) is 11.6 Å². The molecule has 3 aromatic carbocycles. The number of Topliss-reactive ketones (excluding diaryl/α,β-unsaturated/α-hetero) is 1. The van der Waals surface area contributed by atoms with Crippen molar-refractivity contribution >= 4 is 40.4 Å². The highest BCUT2D eigenvalue weighted by molar-refractivity contribution is 6.51. The summed E-state index contributed by atoms with van der Waals surface area (Å²) in [5.41, 5.74) is 0.998. The highest BCUT2D eigenvalue weighted by Crippen LogP contribution is 2.42. The second kappa shape index (κ2) is 8.04. The van der Waals surface area contributed by atoms with Crippen LogP contribution in [0.4, 0.5) is 11.4 Å². The van der Waals surface area contributed by atoms with Gasteiger partial charge in [-0.15, -0.1) is 0 Å². The predicted octanol–water partition coefficient (Wildman–Crippen LogP) is 4.87. The number of rotatable bonds is 4. The quantitative estimate of drug-likeness (QED) is 0.207. The number of benzene rings is 3. The number of hydrogen-bond donors (Lipinski definition) is 1. The SMILES string of the molecule is O=C1C(=O)N(c2ccc(Cl)cc2)C(c2ccc([N+](=O)[O-])cc2)C1=C(O)c1ccccc1. The van der Waals surface area contributed by atoms with Crippen molar-refractivity contribution in [3.63, 3.8) is 0 Å². The summed E-state index contributed by atoms with van der Waals surface area (Å²) >= 11 is 5.96. The molecule has 4 rings (SSSR count). The molecule has 1 unspecified atom stereocenters. The van der Waals surface area contributed by atoms with E-state index in [-0.39, 0.29) is 17.0 Å². The van der Waals surface area contributed by atoms with Crippen LogP contribution >= 0.6 is 11.6 Å². The molecule has 8 heteroatoms. The van der Waals surface area contributed by atoms with Gasteiger partial charge in [-0.25, -0.2) is 0 Å². The van der Waals surface area contributed by atoms with Crippen LogP contribution < -0.4 is 4.90 Å². The summed E-state index contributed by atoms with van der Waals surface area (Å²) < 4.78 is 0. The molecule has 0 spiro atoms. The van der Waals surface area contributed by atoms with Gasteiger partial charge in [-0.2, -0.15) is 0 Å². The molecule has 1 N–H and O–H groups in total. The van der Waals surface area contributed by atoms with Gasteiger partial charge in [-0.3, -0.25) is 24.6 Å². The number of aliphatic hydroxyl groups is 1. The minimum Gasteiger partial charge on any atom is -0.507 e. The largest absolute Gasteiger partial charge is 0.507 e. The minimum atomic E-state index is -0.970. The zero-order chi connectivity index (χ0) is 22.1. The zero-order valence-corrected chi connectivity index (χ0v) is 16.7. The molecule has 1 saturated heterocycles. The summed E-state index contributed by atoms with van der Waals surface area (Å²) in [7, 11) is 0. The van der Waals surface area contributed by atoms with Crippen LogP contribution in [-0.2, 0) is 9.59 Å². The average Bonchev–Trinajstić information content (AvgIpc) is 3.05. The lowest BCUT2D eigenvalue weighted by molar-refractivity contribution is -0.384. The molecule has 0 radical (unpaired) electrons. The molecule has 0 saturated carbocycles. The number of carbonyl (C=O) groups is 2. The number of ketones is 1. The van der Waals surface area contributed by atoms with Gasteiger partial charge < -0.3 is 5.11 Å². The number of carbonyl (C=O) groups excluding carboxylic acids is 2. The van der Waals surface area contributed by atoms with Gasteiger partial charge in [0.05, 0.1) is 16.5 Å². The summed E-state index contributed by atoms with van der Waals surface area (Å²) in [6.45, 7) is 0. The summed E-state index contributed by atoms with van der Waals surface area (Å²) in [6.07, 6.45) is 0. The lowest BCUT2D eigenvalue weighted by atomic mass is 9.95. The first-order valence-electron chi connectivity index (χ1n) is 9.25. The van der Waals surface area contributed by atoms with E-state index in [1.54, 1.807) is 54.6 Å². The summed E-state index contributed by atoms with van der Waals surface area (Å²) in [6, 6.07) is 19.3. The number of halogens is 1. The number of hydrogen-bond acceptors (Lipinski definition) is 5. The first kappa shape index (κ1) is 20.3. The molecule has 31 heavy (non-hydrogen) atoms. The molecular weight excluding hydrogens is 420 g/mol. The topological polar surface area (TPSA) is 101 Å². The Morgan fingerprint density at radius 3 is 2.13 bits per heavy atom. The molecule has 0 aromatic heterocycles. The van der Waals surface area contributed by atoms with Crippen LogP contribution in [0.1, 0.15) is 17.2 Å². The molecule has 1 aliphatic heterocycles. The fourth-order valence-electron chi connectivity index (χ4n) is 3.55. The summed E-state index contributed by atoms with van der Waals surface area (Å²) in [5, 5.41) is 22.4. The van der Waals surface area contributed by atoms with Gasteiger partial charge in [0.25, 0.3) is 17.4 Å². The van der Waals surface area contributed by atoms with Crippen molar-refractivity contribution in [1.29, 1.82) is 0 Å². The first-order valence-corrected chi connectivity index (χ1v) is 9.62. The molecule has 0 aliphatic carbocycles. The van der Waals surface area contributed by atoms with E-state index < -0.39 is 22.7 Å². The Kier molecular flexibility index (Phi) is 5.27. The maximum Gasteiger partial charge on any atom is 0.300 e. The Morgan fingerprint density at radius 2 is 1.55 bits per heavy atom. The van der Waals surface area contributed by atoms with Crippen molar-refractivity contribution in [3.8, 4) is 0 Å². The van der Waals surface area contributed by atoms with Gasteiger partial charge >= 0.3 is 0 Å². The van der Waals surface area contributed by atoms with Crippen LogP contribution in [0.5, 0.6) is 0 Å². The standard InChI is InChI=1S/C23H15ClN2O5/c24-16-8-12-17(13-9-16)25-20(14-6-10-18(11-7-14)26(30)31)19(22(28)23(25)29)21(27)15-4-2-1-3-5-15/h1-13,20,27H. The first-order chi connectivity index (χ1) is 14.9. The second-order valence-corrected chi connectivity index (χ2v) is 7.30. The third-order valence-electron chi connectivity index (χ3n) is 5.02. The molecule has 0 bridgehead atoms. The molecule has 1 aliphatic rings. The molecule has 7 nitrogen and oxygen atoms in total. The Bertz CT molecular complexity index is 1200. The van der Waals surface area contributed by atoms with Crippen molar-refractivity contribution in [3.05, 3.63) is 111 Å². The molecule has 3 aromatic rings. The number of anilines is 1. The van der Waals surface area contributed by atoms with Gasteiger partial charge in [-0.05, 0) is 42.0 Å². The van der Waals surface area contributed by atoms with Crippen LogP contribution in [0.2, 0.25) is 5.02 Å². The van der Waals surface area contributed by atoms with E-state index in [1.165, 1.54) is 29.2 Å². The molecule has 1 fully saturated rings. The number of amides is 1. The molecular formula is C23H15ClN2O5. The lowest BCUT2D eigenvalue weighted by Gasteiger charge is -2.25. The maximum atomic E-state index is 13.0. The molecule has 154 valence electrons. The van der Waals surface area contributed by atoms with Crippen LogP contribution in [0.15, 0.2) is 84.4 Å². The fourth-order valence-corrected chi connectivity index (χ4v) is 3.67. The fraction of sp³-hybridized carbons (Fsp3) is 0.0435. The molecule has 1 atom stereocenters. The van der Waals surface area contributed by atoms with E-state index in [2.05, 4.69) is 0 Å². The van der Waals surface area contributed by atoms with E-state index in [0.717, 1.165) is 0 Å². The molecule has 1 amide bonds. The number of nitrogens with zero attached hydrogens (tertiary/aromatic N) is 2. The number of non-ortho nitro benzene ring substituents is 1. The highest BCUT2D eigenvalue weighted by Gasteiger charge is 2.47. The molecule has 1 heterocycles. The van der Waals surface area contributed by atoms with Crippen molar-refractivity contribution in [2.24, 2.45) is 0 Å². The van der Waals surface area contributed by atoms with E-state index >= 15 is 0 Å². The van der Waals surface area contributed by atoms with Crippen LogP contribution in [0.25, 0.3) is 5.76 Å². The number of nitro benzene ring substituents is 1.